The van der Waals surface area contributed by atoms with Crippen molar-refractivity contribution in [3.05, 3.63) is 35.9 Å². The summed E-state index contributed by atoms with van der Waals surface area (Å²) in [5, 5.41) is 13.2. The lowest BCUT2D eigenvalue weighted by Gasteiger charge is -2.27. The van der Waals surface area contributed by atoms with Gasteiger partial charge in [-0.05, 0) is 50.0 Å². The van der Waals surface area contributed by atoms with E-state index in [0.29, 0.717) is 5.92 Å². The number of benzene rings is 1. The number of nitrogens with one attached hydrogen (secondary N) is 1. The molecule has 0 aliphatic heterocycles. The van der Waals surface area contributed by atoms with Crippen LogP contribution in [0.4, 0.5) is 0 Å². The Morgan fingerprint density at radius 3 is 2.45 bits per heavy atom. The van der Waals surface area contributed by atoms with Crippen LogP contribution < -0.4 is 5.32 Å². The maximum atomic E-state index is 12.5. The molecule has 0 aromatic heterocycles. The Hall–Kier alpha value is -1.35. The Balaban J connectivity index is 1.66. The van der Waals surface area contributed by atoms with Crippen LogP contribution in [-0.4, -0.2) is 23.2 Å². The average Bonchev–Trinajstić information content (AvgIpc) is 3.19. The number of rotatable bonds is 5. The lowest BCUT2D eigenvalue weighted by molar-refractivity contribution is -0.128. The first-order valence-corrected chi connectivity index (χ1v) is 8.76. The normalized spacial score (nSPS) is 27.0. The highest BCUT2D eigenvalue weighted by atomic mass is 16.3. The van der Waals surface area contributed by atoms with E-state index in [1.165, 1.54) is 31.2 Å². The summed E-state index contributed by atoms with van der Waals surface area (Å²) in [5.74, 6) is 0.459. The van der Waals surface area contributed by atoms with Crippen molar-refractivity contribution in [2.45, 2.75) is 63.5 Å². The number of aliphatic hydroxyl groups is 1. The van der Waals surface area contributed by atoms with Crippen LogP contribution in [0.15, 0.2) is 30.3 Å². The molecule has 0 heterocycles. The van der Waals surface area contributed by atoms with E-state index in [0.717, 1.165) is 25.7 Å². The molecule has 0 saturated heterocycles. The third-order valence-electron chi connectivity index (χ3n) is 5.41. The van der Waals surface area contributed by atoms with E-state index in [-0.39, 0.29) is 17.9 Å². The number of carbonyl (C=O) groups is 1. The summed E-state index contributed by atoms with van der Waals surface area (Å²) < 4.78 is 0. The van der Waals surface area contributed by atoms with Gasteiger partial charge in [0.1, 0.15) is 0 Å². The highest BCUT2D eigenvalue weighted by Gasteiger charge is 2.34. The van der Waals surface area contributed by atoms with E-state index in [1.54, 1.807) is 0 Å². The van der Waals surface area contributed by atoms with Gasteiger partial charge in [-0.1, -0.05) is 43.2 Å². The molecule has 2 saturated carbocycles. The molecule has 3 nitrogen and oxygen atoms in total. The first-order valence-electron chi connectivity index (χ1n) is 8.76. The van der Waals surface area contributed by atoms with E-state index >= 15 is 0 Å². The molecule has 0 bridgehead atoms. The van der Waals surface area contributed by atoms with E-state index in [4.69, 9.17) is 0 Å². The van der Waals surface area contributed by atoms with Gasteiger partial charge in [-0.15, -0.1) is 0 Å². The lowest BCUT2D eigenvalue weighted by Crippen LogP contribution is -2.45. The zero-order valence-corrected chi connectivity index (χ0v) is 13.2. The minimum atomic E-state index is -0.444. The largest absolute Gasteiger partial charge is 0.392 e. The summed E-state index contributed by atoms with van der Waals surface area (Å²) in [6.45, 7) is 0. The molecule has 2 fully saturated rings. The molecule has 3 rings (SSSR count). The van der Waals surface area contributed by atoms with Crippen LogP contribution in [-0.2, 0) is 11.2 Å². The van der Waals surface area contributed by atoms with Crippen molar-refractivity contribution in [3.63, 3.8) is 0 Å². The van der Waals surface area contributed by atoms with Crippen LogP contribution in [0.3, 0.4) is 0 Å². The predicted molar refractivity (Wildman–Crippen MR) is 87.4 cm³/mol. The summed E-state index contributed by atoms with van der Waals surface area (Å²) in [6, 6.07) is 10.6. The number of hydrogen-bond acceptors (Lipinski definition) is 2. The van der Waals surface area contributed by atoms with Crippen molar-refractivity contribution in [1.29, 1.82) is 0 Å². The van der Waals surface area contributed by atoms with Gasteiger partial charge in [0.25, 0.3) is 0 Å². The van der Waals surface area contributed by atoms with Crippen molar-refractivity contribution < 1.29 is 9.90 Å². The highest BCUT2D eigenvalue weighted by Crippen LogP contribution is 2.31. The molecule has 1 amide bonds. The van der Waals surface area contributed by atoms with Gasteiger partial charge < -0.3 is 10.4 Å². The Labute approximate surface area is 133 Å². The van der Waals surface area contributed by atoms with Crippen molar-refractivity contribution >= 4 is 5.91 Å². The smallest absolute Gasteiger partial charge is 0.225 e. The molecule has 2 aliphatic rings. The Morgan fingerprint density at radius 2 is 1.82 bits per heavy atom. The molecule has 1 aromatic carbocycles. The van der Waals surface area contributed by atoms with Gasteiger partial charge in [0.2, 0.25) is 5.91 Å². The van der Waals surface area contributed by atoms with Gasteiger partial charge in [-0.25, -0.2) is 0 Å². The van der Waals surface area contributed by atoms with Crippen LogP contribution in [0, 0.1) is 11.8 Å². The number of amides is 1. The molecule has 22 heavy (non-hydrogen) atoms. The third-order valence-corrected chi connectivity index (χ3v) is 5.41. The zero-order valence-electron chi connectivity index (χ0n) is 13.2. The van der Waals surface area contributed by atoms with Crippen molar-refractivity contribution in [2.75, 3.05) is 0 Å². The van der Waals surface area contributed by atoms with Crippen LogP contribution in [0.5, 0.6) is 0 Å². The van der Waals surface area contributed by atoms with E-state index in [9.17, 15) is 9.90 Å². The zero-order chi connectivity index (χ0) is 15.4. The fourth-order valence-electron chi connectivity index (χ4n) is 4.10. The fraction of sp³-hybridized carbons (Fsp3) is 0.632. The average molecular weight is 301 g/mol. The third kappa shape index (κ3) is 3.70. The molecule has 3 unspecified atom stereocenters. The van der Waals surface area contributed by atoms with Crippen LogP contribution in [0.2, 0.25) is 0 Å². The monoisotopic (exact) mass is 301 g/mol. The summed E-state index contributed by atoms with van der Waals surface area (Å²) in [5.41, 5.74) is 1.28. The Morgan fingerprint density at radius 1 is 1.09 bits per heavy atom. The summed E-state index contributed by atoms with van der Waals surface area (Å²) in [4.78, 5) is 12.5. The molecule has 0 spiro atoms. The second kappa shape index (κ2) is 7.28. The summed E-state index contributed by atoms with van der Waals surface area (Å²) >= 11 is 0. The predicted octanol–water partition coefficient (Wildman–Crippen LogP) is 3.07. The van der Waals surface area contributed by atoms with Crippen molar-refractivity contribution in [3.8, 4) is 0 Å². The number of carbonyl (C=O) groups excluding carboxylic acids is 1. The van der Waals surface area contributed by atoms with E-state index < -0.39 is 6.10 Å². The second-order valence-corrected chi connectivity index (χ2v) is 6.95. The van der Waals surface area contributed by atoms with Crippen LogP contribution in [0.1, 0.15) is 50.5 Å². The molecule has 2 N–H and O–H groups in total. The molecule has 2 aliphatic carbocycles. The molecule has 3 atom stereocenters. The molecule has 0 radical (unpaired) electrons. The Kier molecular flexibility index (Phi) is 5.14. The lowest BCUT2D eigenvalue weighted by atomic mass is 9.91. The van der Waals surface area contributed by atoms with Crippen LogP contribution >= 0.6 is 0 Å². The minimum Gasteiger partial charge on any atom is -0.392 e. The first kappa shape index (κ1) is 15.5. The summed E-state index contributed by atoms with van der Waals surface area (Å²) in [6.07, 6.45) is 8.00. The van der Waals surface area contributed by atoms with Gasteiger partial charge in [0.05, 0.1) is 12.0 Å². The van der Waals surface area contributed by atoms with Crippen molar-refractivity contribution in [1.82, 2.24) is 5.32 Å². The number of aliphatic hydroxyl groups excluding tert-OH is 1. The fourth-order valence-corrected chi connectivity index (χ4v) is 4.10. The maximum absolute atomic E-state index is 12.5. The second-order valence-electron chi connectivity index (χ2n) is 6.95. The molecular weight excluding hydrogens is 274 g/mol. The van der Waals surface area contributed by atoms with Gasteiger partial charge >= 0.3 is 0 Å². The SMILES string of the molecule is O=C(NC(Cc1ccccc1)C1CCCC1)C1CCCC1O. The van der Waals surface area contributed by atoms with E-state index in [2.05, 4.69) is 29.6 Å². The molecule has 3 heteroatoms. The molecular formula is C19H27NO2. The van der Waals surface area contributed by atoms with Gasteiger partial charge in [0, 0.05) is 6.04 Å². The molecule has 120 valence electrons. The first-order chi connectivity index (χ1) is 10.7. The van der Waals surface area contributed by atoms with Gasteiger partial charge in [0.15, 0.2) is 0 Å². The Bertz CT molecular complexity index is 481. The quantitative estimate of drug-likeness (QED) is 0.878. The minimum absolute atomic E-state index is 0.0674. The highest BCUT2D eigenvalue weighted by molar-refractivity contribution is 5.79. The number of hydrogen-bond donors (Lipinski definition) is 2. The van der Waals surface area contributed by atoms with Gasteiger partial charge in [-0.2, -0.15) is 0 Å². The van der Waals surface area contributed by atoms with E-state index in [1.807, 2.05) is 6.07 Å². The topological polar surface area (TPSA) is 49.3 Å². The molecule has 1 aromatic rings. The van der Waals surface area contributed by atoms with Gasteiger partial charge in [-0.3, -0.25) is 4.79 Å². The maximum Gasteiger partial charge on any atom is 0.225 e. The van der Waals surface area contributed by atoms with Crippen molar-refractivity contribution in [2.24, 2.45) is 11.8 Å². The van der Waals surface area contributed by atoms with Crippen LogP contribution in [0.25, 0.3) is 0 Å². The summed E-state index contributed by atoms with van der Waals surface area (Å²) in [7, 11) is 0. The standard InChI is InChI=1S/C19H27NO2/c21-18-12-6-11-16(18)19(22)20-17(15-9-4-5-10-15)13-14-7-2-1-3-8-14/h1-3,7-8,15-18,21H,4-6,9-13H2,(H,20,22).